The maximum Gasteiger partial charge on any atom is 0.159 e. The van der Waals surface area contributed by atoms with Gasteiger partial charge in [0.2, 0.25) is 0 Å². The van der Waals surface area contributed by atoms with Crippen molar-refractivity contribution in [2.45, 2.75) is 45.4 Å². The van der Waals surface area contributed by atoms with Crippen LogP contribution in [0.2, 0.25) is 0 Å². The van der Waals surface area contributed by atoms with Gasteiger partial charge in [0, 0.05) is 12.0 Å². The zero-order chi connectivity index (χ0) is 9.68. The standard InChI is InChI=1S/C11H18OS/c1-3-4-8-11(13-2)9-6-5-7-10(9)12/h3-8H2,1-2H3/b11-9+. The van der Waals surface area contributed by atoms with Crippen LogP contribution in [0.25, 0.3) is 0 Å². The number of carbonyl (C=O) groups excluding carboxylic acids is 1. The summed E-state index contributed by atoms with van der Waals surface area (Å²) in [6, 6.07) is 0. The summed E-state index contributed by atoms with van der Waals surface area (Å²) in [6.45, 7) is 2.19. The Kier molecular flexibility index (Phi) is 4.57. The molecule has 2 heteroatoms. The number of unbranched alkanes of at least 4 members (excludes halogenated alkanes) is 1. The van der Waals surface area contributed by atoms with Crippen LogP contribution in [0.4, 0.5) is 0 Å². The minimum atomic E-state index is 0.403. The fraction of sp³-hybridized carbons (Fsp3) is 0.727. The maximum atomic E-state index is 11.5. The Morgan fingerprint density at radius 3 is 2.69 bits per heavy atom. The molecule has 0 atom stereocenters. The Hall–Kier alpha value is -0.240. The molecular weight excluding hydrogens is 180 g/mol. The molecule has 0 heterocycles. The van der Waals surface area contributed by atoms with E-state index >= 15 is 0 Å². The lowest BCUT2D eigenvalue weighted by Crippen LogP contribution is -1.95. The molecule has 1 rings (SSSR count). The van der Waals surface area contributed by atoms with Gasteiger partial charge >= 0.3 is 0 Å². The van der Waals surface area contributed by atoms with Crippen molar-refractivity contribution in [3.63, 3.8) is 0 Å². The van der Waals surface area contributed by atoms with Crippen molar-refractivity contribution >= 4 is 17.5 Å². The van der Waals surface area contributed by atoms with Gasteiger partial charge < -0.3 is 0 Å². The first-order valence-electron chi connectivity index (χ1n) is 5.08. The quantitative estimate of drug-likeness (QED) is 0.643. The first-order chi connectivity index (χ1) is 6.29. The SMILES string of the molecule is CCCC/C(SC)=C1/CCCC1=O. The van der Waals surface area contributed by atoms with Gasteiger partial charge in [-0.05, 0) is 36.8 Å². The second-order valence-corrected chi connectivity index (χ2v) is 4.39. The third-order valence-electron chi connectivity index (χ3n) is 2.51. The smallest absolute Gasteiger partial charge is 0.159 e. The third-order valence-corrected chi connectivity index (χ3v) is 3.45. The third kappa shape index (κ3) is 2.87. The van der Waals surface area contributed by atoms with Gasteiger partial charge in [0.1, 0.15) is 0 Å². The highest BCUT2D eigenvalue weighted by Crippen LogP contribution is 2.31. The highest BCUT2D eigenvalue weighted by molar-refractivity contribution is 8.02. The summed E-state index contributed by atoms with van der Waals surface area (Å²) in [5.74, 6) is 0.403. The molecule has 0 aromatic rings. The van der Waals surface area contributed by atoms with Crippen LogP contribution >= 0.6 is 11.8 Å². The average molecular weight is 198 g/mol. The molecule has 0 aromatic heterocycles. The van der Waals surface area contributed by atoms with E-state index in [0.717, 1.165) is 31.3 Å². The summed E-state index contributed by atoms with van der Waals surface area (Å²) in [7, 11) is 0. The first-order valence-corrected chi connectivity index (χ1v) is 6.31. The number of rotatable bonds is 4. The number of ketones is 1. The van der Waals surface area contributed by atoms with E-state index in [0.29, 0.717) is 5.78 Å². The van der Waals surface area contributed by atoms with Gasteiger partial charge in [-0.25, -0.2) is 0 Å². The molecular formula is C11H18OS. The molecule has 0 bridgehead atoms. The molecule has 0 saturated heterocycles. The van der Waals surface area contributed by atoms with Gasteiger partial charge in [-0.15, -0.1) is 11.8 Å². The van der Waals surface area contributed by atoms with Crippen LogP contribution < -0.4 is 0 Å². The van der Waals surface area contributed by atoms with Crippen molar-refractivity contribution in [2.75, 3.05) is 6.26 Å². The number of allylic oxidation sites excluding steroid dienone is 2. The fourth-order valence-electron chi connectivity index (χ4n) is 1.72. The fourth-order valence-corrected chi connectivity index (χ4v) is 2.54. The summed E-state index contributed by atoms with van der Waals surface area (Å²) < 4.78 is 0. The highest BCUT2D eigenvalue weighted by atomic mass is 32.2. The molecule has 1 aliphatic carbocycles. The summed E-state index contributed by atoms with van der Waals surface area (Å²) in [6.07, 6.45) is 8.51. The number of thioether (sulfide) groups is 1. The lowest BCUT2D eigenvalue weighted by atomic mass is 10.1. The summed E-state index contributed by atoms with van der Waals surface area (Å²) in [5.41, 5.74) is 1.14. The van der Waals surface area contributed by atoms with Crippen LogP contribution in [0.15, 0.2) is 10.5 Å². The predicted octanol–water partition coefficient (Wildman–Crippen LogP) is 3.55. The zero-order valence-corrected chi connectivity index (χ0v) is 9.38. The van der Waals surface area contributed by atoms with E-state index in [1.807, 2.05) is 0 Å². The predicted molar refractivity (Wildman–Crippen MR) is 58.9 cm³/mol. The van der Waals surface area contributed by atoms with E-state index in [-0.39, 0.29) is 0 Å². The Balaban J connectivity index is 2.65. The van der Waals surface area contributed by atoms with Crippen LogP contribution in [-0.2, 0) is 4.79 Å². The van der Waals surface area contributed by atoms with Crippen LogP contribution in [0.3, 0.4) is 0 Å². The number of hydrogen-bond acceptors (Lipinski definition) is 2. The Morgan fingerprint density at radius 2 is 2.23 bits per heavy atom. The van der Waals surface area contributed by atoms with Gasteiger partial charge in [-0.3, -0.25) is 4.79 Å². The van der Waals surface area contributed by atoms with E-state index in [4.69, 9.17) is 0 Å². The van der Waals surface area contributed by atoms with Gasteiger partial charge in [-0.2, -0.15) is 0 Å². The lowest BCUT2D eigenvalue weighted by molar-refractivity contribution is -0.114. The van der Waals surface area contributed by atoms with Crippen LogP contribution in [0, 0.1) is 0 Å². The van der Waals surface area contributed by atoms with Crippen LogP contribution in [-0.4, -0.2) is 12.0 Å². The number of carbonyl (C=O) groups is 1. The minimum Gasteiger partial charge on any atom is -0.295 e. The largest absolute Gasteiger partial charge is 0.295 e. The van der Waals surface area contributed by atoms with Gasteiger partial charge in [0.15, 0.2) is 5.78 Å². The van der Waals surface area contributed by atoms with Crippen molar-refractivity contribution in [2.24, 2.45) is 0 Å². The van der Waals surface area contributed by atoms with E-state index in [1.54, 1.807) is 11.8 Å². The lowest BCUT2D eigenvalue weighted by Gasteiger charge is -2.06. The molecule has 74 valence electrons. The van der Waals surface area contributed by atoms with Crippen molar-refractivity contribution in [3.05, 3.63) is 10.5 Å². The molecule has 0 aliphatic heterocycles. The van der Waals surface area contributed by atoms with E-state index in [2.05, 4.69) is 13.2 Å². The zero-order valence-electron chi connectivity index (χ0n) is 8.56. The van der Waals surface area contributed by atoms with Crippen LogP contribution in [0.1, 0.15) is 45.4 Å². The molecule has 0 aromatic carbocycles. The molecule has 0 spiro atoms. The minimum absolute atomic E-state index is 0.403. The average Bonchev–Trinajstić information content (AvgIpc) is 2.54. The van der Waals surface area contributed by atoms with E-state index in [1.165, 1.54) is 17.7 Å². The normalized spacial score (nSPS) is 20.9. The van der Waals surface area contributed by atoms with Gasteiger partial charge in [0.05, 0.1) is 0 Å². The summed E-state index contributed by atoms with van der Waals surface area (Å²) >= 11 is 1.77. The summed E-state index contributed by atoms with van der Waals surface area (Å²) in [5, 5.41) is 0. The molecule has 0 unspecified atom stereocenters. The van der Waals surface area contributed by atoms with Crippen molar-refractivity contribution in [1.29, 1.82) is 0 Å². The molecule has 1 nitrogen and oxygen atoms in total. The Bertz CT molecular complexity index is 218. The molecule has 1 saturated carbocycles. The van der Waals surface area contributed by atoms with Gasteiger partial charge in [-0.1, -0.05) is 13.3 Å². The Morgan fingerprint density at radius 1 is 1.46 bits per heavy atom. The monoisotopic (exact) mass is 198 g/mol. The molecule has 0 N–H and O–H groups in total. The topological polar surface area (TPSA) is 17.1 Å². The van der Waals surface area contributed by atoms with Crippen molar-refractivity contribution in [3.8, 4) is 0 Å². The molecule has 1 fully saturated rings. The van der Waals surface area contributed by atoms with E-state index in [9.17, 15) is 4.79 Å². The van der Waals surface area contributed by atoms with Crippen molar-refractivity contribution in [1.82, 2.24) is 0 Å². The number of hydrogen-bond donors (Lipinski definition) is 0. The highest BCUT2D eigenvalue weighted by Gasteiger charge is 2.20. The molecule has 0 radical (unpaired) electrons. The van der Waals surface area contributed by atoms with Crippen molar-refractivity contribution < 1.29 is 4.79 Å². The first kappa shape index (κ1) is 10.8. The second-order valence-electron chi connectivity index (χ2n) is 3.49. The maximum absolute atomic E-state index is 11.5. The Labute approximate surface area is 85.0 Å². The number of Topliss-reactive ketones (excluding diaryl/α,β-unsaturated/α-hetero) is 1. The summed E-state index contributed by atoms with van der Waals surface area (Å²) in [4.78, 5) is 12.8. The molecule has 0 amide bonds. The molecule has 1 aliphatic rings. The van der Waals surface area contributed by atoms with E-state index < -0.39 is 0 Å². The van der Waals surface area contributed by atoms with Crippen LogP contribution in [0.5, 0.6) is 0 Å². The molecule has 13 heavy (non-hydrogen) atoms. The van der Waals surface area contributed by atoms with Gasteiger partial charge in [0.25, 0.3) is 0 Å². The second kappa shape index (κ2) is 5.48.